The van der Waals surface area contributed by atoms with Crippen molar-refractivity contribution in [3.05, 3.63) is 59.2 Å². The van der Waals surface area contributed by atoms with Crippen LogP contribution in [0.15, 0.2) is 30.3 Å². The molecule has 0 spiro atoms. The summed E-state index contributed by atoms with van der Waals surface area (Å²) >= 11 is 0. The molecule has 3 aliphatic rings. The Morgan fingerprint density at radius 2 is 1.76 bits per heavy atom. The summed E-state index contributed by atoms with van der Waals surface area (Å²) in [5.74, 6) is -11.4. The van der Waals surface area contributed by atoms with Gasteiger partial charge in [-0.15, -0.1) is 0 Å². The maximum atomic E-state index is 14.6. The average molecular weight is 591 g/mol. The van der Waals surface area contributed by atoms with Crippen molar-refractivity contribution >= 4 is 35.1 Å². The van der Waals surface area contributed by atoms with Gasteiger partial charge in [-0.25, -0.2) is 13.2 Å². The number of amides is 4. The molecule has 2 bridgehead atoms. The number of likely N-dealkylation sites (tertiary alicyclic amines) is 1. The molecule has 14 heteroatoms. The molecule has 2 aromatic rings. The van der Waals surface area contributed by atoms with Crippen LogP contribution in [-0.2, 0) is 24.0 Å². The molecule has 4 amide bonds. The van der Waals surface area contributed by atoms with Gasteiger partial charge in [-0.3, -0.25) is 24.0 Å². The molecular weight excluding hydrogens is 564 g/mol. The Hall–Kier alpha value is -4.49. The molecule has 0 saturated carbocycles. The summed E-state index contributed by atoms with van der Waals surface area (Å²) in [6, 6.07) is 3.36. The molecular formula is C28H26F4N4O6. The number of nitrogens with one attached hydrogen (secondary N) is 3. The van der Waals surface area contributed by atoms with Gasteiger partial charge in [-0.05, 0) is 37.8 Å². The Balaban J connectivity index is 1.27. The lowest BCUT2D eigenvalue weighted by molar-refractivity contribution is -0.145. The van der Waals surface area contributed by atoms with E-state index in [0.29, 0.717) is 18.9 Å². The molecule has 0 aliphatic carbocycles. The molecule has 5 rings (SSSR count). The first-order chi connectivity index (χ1) is 20.0. The Morgan fingerprint density at radius 1 is 1.00 bits per heavy atom. The largest absolute Gasteiger partial charge is 0.482 e. The highest BCUT2D eigenvalue weighted by Crippen LogP contribution is 2.40. The summed E-state index contributed by atoms with van der Waals surface area (Å²) in [6.07, 6.45) is 0.473. The van der Waals surface area contributed by atoms with E-state index in [1.165, 1.54) is 18.2 Å². The number of hydrogen-bond acceptors (Lipinski definition) is 6. The highest BCUT2D eigenvalue weighted by Gasteiger charge is 2.42. The fourth-order valence-electron chi connectivity index (χ4n) is 5.53. The fraction of sp³-hybridized carbons (Fsp3) is 0.393. The van der Waals surface area contributed by atoms with Crippen LogP contribution in [0, 0.1) is 35.1 Å². The van der Waals surface area contributed by atoms with Gasteiger partial charge >= 0.3 is 11.8 Å². The van der Waals surface area contributed by atoms with Crippen molar-refractivity contribution in [2.75, 3.05) is 25.0 Å². The highest BCUT2D eigenvalue weighted by atomic mass is 19.2. The summed E-state index contributed by atoms with van der Waals surface area (Å²) in [7, 11) is 0. The predicted molar refractivity (Wildman–Crippen MR) is 137 cm³/mol. The van der Waals surface area contributed by atoms with Crippen LogP contribution in [-0.4, -0.2) is 60.1 Å². The summed E-state index contributed by atoms with van der Waals surface area (Å²) in [6.45, 7) is -0.821. The van der Waals surface area contributed by atoms with Gasteiger partial charge in [0.1, 0.15) is 18.2 Å². The minimum atomic E-state index is -1.53. The number of hydrogen-bond donors (Lipinski definition) is 3. The van der Waals surface area contributed by atoms with Crippen molar-refractivity contribution in [1.82, 2.24) is 15.5 Å². The molecule has 2 fully saturated rings. The molecule has 4 atom stereocenters. The van der Waals surface area contributed by atoms with Gasteiger partial charge in [0.15, 0.2) is 17.3 Å². The Labute approximate surface area is 236 Å². The number of benzene rings is 2. The minimum absolute atomic E-state index is 0.0559. The smallest absolute Gasteiger partial charge is 0.313 e. The van der Waals surface area contributed by atoms with Gasteiger partial charge in [0.05, 0.1) is 29.3 Å². The van der Waals surface area contributed by atoms with Gasteiger partial charge in [-0.2, -0.15) is 4.39 Å². The molecule has 3 aliphatic heterocycles. The number of anilines is 1. The fourth-order valence-corrected chi connectivity index (χ4v) is 5.53. The van der Waals surface area contributed by atoms with E-state index in [0.717, 1.165) is 11.0 Å². The summed E-state index contributed by atoms with van der Waals surface area (Å²) in [5.41, 5.74) is -0.573. The highest BCUT2D eigenvalue weighted by molar-refractivity contribution is 6.39. The lowest BCUT2D eigenvalue weighted by Crippen LogP contribution is -2.52. The maximum absolute atomic E-state index is 14.6. The second-order valence-corrected chi connectivity index (χ2v) is 10.5. The van der Waals surface area contributed by atoms with Crippen LogP contribution >= 0.6 is 0 Å². The third-order valence-corrected chi connectivity index (χ3v) is 7.70. The number of rotatable bonds is 3. The van der Waals surface area contributed by atoms with Crippen molar-refractivity contribution in [2.45, 2.75) is 37.8 Å². The average Bonchev–Trinajstić information content (AvgIpc) is 3.32. The zero-order chi connectivity index (χ0) is 30.1. The zero-order valence-electron chi connectivity index (χ0n) is 22.1. The Kier molecular flexibility index (Phi) is 8.14. The first-order valence-electron chi connectivity index (χ1n) is 13.3. The maximum Gasteiger partial charge on any atom is 0.313 e. The van der Waals surface area contributed by atoms with E-state index in [1.807, 2.05) is 0 Å². The number of nitrogens with zero attached hydrogens (tertiary/aromatic N) is 1. The molecule has 0 radical (unpaired) electrons. The second-order valence-electron chi connectivity index (χ2n) is 10.5. The number of ketones is 1. The van der Waals surface area contributed by atoms with Crippen LogP contribution in [0.4, 0.5) is 23.2 Å². The third-order valence-electron chi connectivity index (χ3n) is 7.70. The van der Waals surface area contributed by atoms with Crippen LogP contribution < -0.4 is 20.7 Å². The van der Waals surface area contributed by atoms with E-state index in [-0.39, 0.29) is 31.6 Å². The van der Waals surface area contributed by atoms with Crippen molar-refractivity contribution < 1.29 is 46.3 Å². The first-order valence-corrected chi connectivity index (χ1v) is 13.3. The number of Topliss-reactive ketones (excluding diaryl/α,β-unsaturated/α-hetero) is 1. The first kappa shape index (κ1) is 29.0. The Morgan fingerprint density at radius 3 is 2.52 bits per heavy atom. The number of piperidine rings is 1. The molecule has 10 nitrogen and oxygen atoms in total. The van der Waals surface area contributed by atoms with Crippen LogP contribution in [0.1, 0.15) is 37.3 Å². The van der Waals surface area contributed by atoms with Crippen molar-refractivity contribution in [1.29, 1.82) is 0 Å². The quantitative estimate of drug-likeness (QED) is 0.285. The number of ether oxygens (including phenoxy) is 1. The number of fused-ring (bicyclic) bond motifs is 4. The van der Waals surface area contributed by atoms with Crippen molar-refractivity contribution in [3.63, 3.8) is 0 Å². The number of carbonyl (C=O) groups excluding carboxylic acids is 5. The van der Waals surface area contributed by atoms with Gasteiger partial charge in [0, 0.05) is 25.1 Å². The van der Waals surface area contributed by atoms with E-state index in [4.69, 9.17) is 4.74 Å². The SMILES string of the molecule is O=C(Nc1ccccc1F)C(=O)N1CCC[C@@H](C(=O)N[C@H]2C[C@@H]3CC(NC3=O)c3c(F)cc(F)c(F)c3OCC2=O)C1. The van der Waals surface area contributed by atoms with Gasteiger partial charge < -0.3 is 25.6 Å². The lowest BCUT2D eigenvalue weighted by atomic mass is 9.90. The van der Waals surface area contributed by atoms with E-state index in [2.05, 4.69) is 16.0 Å². The van der Waals surface area contributed by atoms with Gasteiger partial charge in [0.25, 0.3) is 0 Å². The predicted octanol–water partition coefficient (Wildman–Crippen LogP) is 2.13. The van der Waals surface area contributed by atoms with Crippen LogP contribution in [0.3, 0.4) is 0 Å². The normalized spacial score (nSPS) is 23.8. The second kappa shape index (κ2) is 11.8. The Bertz CT molecular complexity index is 1470. The summed E-state index contributed by atoms with van der Waals surface area (Å²) in [4.78, 5) is 65.3. The third kappa shape index (κ3) is 5.78. The van der Waals surface area contributed by atoms with E-state index in [9.17, 15) is 41.5 Å². The molecule has 3 heterocycles. The van der Waals surface area contributed by atoms with Crippen molar-refractivity contribution in [3.8, 4) is 5.75 Å². The molecule has 2 saturated heterocycles. The summed E-state index contributed by atoms with van der Waals surface area (Å²) < 4.78 is 62.2. The molecule has 0 aromatic heterocycles. The molecule has 1 unspecified atom stereocenters. The van der Waals surface area contributed by atoms with Crippen molar-refractivity contribution in [2.24, 2.45) is 11.8 Å². The minimum Gasteiger partial charge on any atom is -0.482 e. The van der Waals surface area contributed by atoms with Gasteiger partial charge in [0.2, 0.25) is 17.6 Å². The van der Waals surface area contributed by atoms with Gasteiger partial charge in [-0.1, -0.05) is 12.1 Å². The van der Waals surface area contributed by atoms with E-state index < -0.39 is 94.5 Å². The lowest BCUT2D eigenvalue weighted by Gasteiger charge is -2.32. The number of halogens is 4. The van der Waals surface area contributed by atoms with E-state index >= 15 is 0 Å². The molecule has 3 N–H and O–H groups in total. The number of para-hydroxylation sites is 1. The van der Waals surface area contributed by atoms with Crippen LogP contribution in [0.25, 0.3) is 0 Å². The summed E-state index contributed by atoms with van der Waals surface area (Å²) in [5, 5.41) is 7.30. The standard InChI is InChI=1S/C28H26F4N4O6/c29-15-5-1-2-6-18(15)33-27(40)28(41)36-7-3-4-13(11-36)25(38)34-19-8-14-9-20(35-26(14)39)22-16(30)10-17(31)23(32)24(22)42-12-21(19)37/h1-2,5-6,10,13-14,19-20H,3-4,7-9,11-12H2,(H,33,40)(H,34,38)(H,35,39)/t13-,14-,19+,20?/m1/s1. The molecule has 2 aromatic carbocycles. The zero-order valence-corrected chi connectivity index (χ0v) is 22.1. The monoisotopic (exact) mass is 590 g/mol. The van der Waals surface area contributed by atoms with E-state index in [1.54, 1.807) is 0 Å². The molecule has 42 heavy (non-hydrogen) atoms. The topological polar surface area (TPSA) is 134 Å². The van der Waals surface area contributed by atoms with Crippen LogP contribution in [0.5, 0.6) is 5.75 Å². The number of carbonyl (C=O) groups is 5. The van der Waals surface area contributed by atoms with Crippen LogP contribution in [0.2, 0.25) is 0 Å². The molecule has 222 valence electrons.